The molecule has 0 radical (unpaired) electrons. The topological polar surface area (TPSA) is 73.6 Å². The molecule has 5 nitrogen and oxygen atoms in total. The number of carbonyl (C=O) groups excluding carboxylic acids is 1. The third-order valence-electron chi connectivity index (χ3n) is 2.84. The van der Waals surface area contributed by atoms with E-state index in [4.69, 9.17) is 15.2 Å². The summed E-state index contributed by atoms with van der Waals surface area (Å²) in [5, 5.41) is 3.15. The number of primary amides is 1. The summed E-state index contributed by atoms with van der Waals surface area (Å²) in [6.45, 7) is 5.34. The monoisotopic (exact) mass is 266 g/mol. The minimum absolute atomic E-state index is 0.309. The van der Waals surface area contributed by atoms with Gasteiger partial charge in [0.2, 0.25) is 5.91 Å². The third-order valence-corrected chi connectivity index (χ3v) is 2.84. The Balaban J connectivity index is 2.22. The molecule has 0 unspecified atom stereocenters. The lowest BCUT2D eigenvalue weighted by molar-refractivity contribution is -0.125. The van der Waals surface area contributed by atoms with Crippen LogP contribution in [0.25, 0.3) is 0 Å². The quantitative estimate of drug-likeness (QED) is 0.693. The smallest absolute Gasteiger partial charge is 0.224 e. The summed E-state index contributed by atoms with van der Waals surface area (Å²) < 4.78 is 10.6. The molecule has 0 aliphatic heterocycles. The number of methoxy groups -OCH3 is 1. The fraction of sp³-hybridized carbons (Fsp3) is 0.500. The fourth-order valence-electron chi connectivity index (χ4n) is 1.40. The van der Waals surface area contributed by atoms with Crippen molar-refractivity contribution in [3.05, 3.63) is 24.3 Å². The first-order valence-corrected chi connectivity index (χ1v) is 6.23. The second-order valence-corrected chi connectivity index (χ2v) is 4.95. The molecule has 1 rings (SSSR count). The molecule has 3 N–H and O–H groups in total. The van der Waals surface area contributed by atoms with Gasteiger partial charge in [0.25, 0.3) is 0 Å². The van der Waals surface area contributed by atoms with Crippen LogP contribution in [-0.2, 0) is 4.79 Å². The highest BCUT2D eigenvalue weighted by Gasteiger charge is 2.23. The SMILES string of the molecule is COc1ccc(OCCNCC(C)(C)C(N)=O)cc1. The second-order valence-electron chi connectivity index (χ2n) is 4.95. The molecule has 0 bridgehead atoms. The van der Waals surface area contributed by atoms with Crippen LogP contribution in [0.5, 0.6) is 11.5 Å². The summed E-state index contributed by atoms with van der Waals surface area (Å²) in [7, 11) is 1.63. The molecule has 0 aromatic heterocycles. The zero-order valence-corrected chi connectivity index (χ0v) is 11.7. The van der Waals surface area contributed by atoms with E-state index >= 15 is 0 Å². The zero-order valence-electron chi connectivity index (χ0n) is 11.7. The van der Waals surface area contributed by atoms with Gasteiger partial charge in [-0.15, -0.1) is 0 Å². The molecular formula is C14H22N2O3. The van der Waals surface area contributed by atoms with Crippen molar-refractivity contribution in [3.63, 3.8) is 0 Å². The second kappa shape index (κ2) is 6.99. The van der Waals surface area contributed by atoms with Gasteiger partial charge in [-0.3, -0.25) is 4.79 Å². The van der Waals surface area contributed by atoms with Crippen LogP contribution in [0, 0.1) is 5.41 Å². The van der Waals surface area contributed by atoms with Crippen molar-refractivity contribution in [2.75, 3.05) is 26.8 Å². The molecule has 5 heteroatoms. The van der Waals surface area contributed by atoms with Crippen molar-refractivity contribution >= 4 is 5.91 Å². The Morgan fingerprint density at radius 3 is 2.37 bits per heavy atom. The maximum absolute atomic E-state index is 11.1. The highest BCUT2D eigenvalue weighted by Crippen LogP contribution is 2.16. The van der Waals surface area contributed by atoms with Crippen LogP contribution in [0.4, 0.5) is 0 Å². The molecule has 0 fully saturated rings. The third kappa shape index (κ3) is 5.18. The Labute approximate surface area is 114 Å². The van der Waals surface area contributed by atoms with Gasteiger partial charge in [-0.1, -0.05) is 0 Å². The molecule has 0 saturated carbocycles. The van der Waals surface area contributed by atoms with Crippen LogP contribution >= 0.6 is 0 Å². The highest BCUT2D eigenvalue weighted by atomic mass is 16.5. The molecule has 1 amide bonds. The Kier molecular flexibility index (Phi) is 5.63. The number of amides is 1. The number of benzene rings is 1. The lowest BCUT2D eigenvalue weighted by atomic mass is 9.93. The van der Waals surface area contributed by atoms with Gasteiger partial charge in [0.1, 0.15) is 18.1 Å². The average molecular weight is 266 g/mol. The summed E-state index contributed by atoms with van der Waals surface area (Å²) in [5.74, 6) is 1.28. The Morgan fingerprint density at radius 2 is 1.84 bits per heavy atom. The van der Waals surface area contributed by atoms with Gasteiger partial charge in [0, 0.05) is 13.1 Å². The first-order chi connectivity index (χ1) is 8.95. The van der Waals surface area contributed by atoms with Crippen LogP contribution in [0.2, 0.25) is 0 Å². The summed E-state index contributed by atoms with van der Waals surface area (Å²) in [5.41, 5.74) is 4.74. The van der Waals surface area contributed by atoms with Crippen molar-refractivity contribution in [1.82, 2.24) is 5.32 Å². The minimum atomic E-state index is -0.542. The molecule has 0 saturated heterocycles. The summed E-state index contributed by atoms with van der Waals surface area (Å²) >= 11 is 0. The van der Waals surface area contributed by atoms with Gasteiger partial charge in [0.15, 0.2) is 0 Å². The highest BCUT2D eigenvalue weighted by molar-refractivity contribution is 5.80. The molecular weight excluding hydrogens is 244 g/mol. The first kappa shape index (κ1) is 15.3. The van der Waals surface area contributed by atoms with Crippen LogP contribution in [-0.4, -0.2) is 32.7 Å². The van der Waals surface area contributed by atoms with Gasteiger partial charge in [0.05, 0.1) is 12.5 Å². The van der Waals surface area contributed by atoms with E-state index in [1.165, 1.54) is 0 Å². The largest absolute Gasteiger partial charge is 0.497 e. The van der Waals surface area contributed by atoms with Crippen LogP contribution in [0.3, 0.4) is 0 Å². The summed E-state index contributed by atoms with van der Waals surface area (Å²) in [4.78, 5) is 11.1. The number of nitrogens with one attached hydrogen (secondary N) is 1. The van der Waals surface area contributed by atoms with E-state index in [9.17, 15) is 4.79 Å². The fourth-order valence-corrected chi connectivity index (χ4v) is 1.40. The van der Waals surface area contributed by atoms with Crippen molar-refractivity contribution in [2.45, 2.75) is 13.8 Å². The molecule has 0 heterocycles. The normalized spacial score (nSPS) is 11.1. The zero-order chi connectivity index (χ0) is 14.3. The number of carbonyl (C=O) groups is 1. The average Bonchev–Trinajstić information content (AvgIpc) is 2.38. The molecule has 1 aromatic carbocycles. The van der Waals surface area contributed by atoms with E-state index in [0.29, 0.717) is 19.7 Å². The number of rotatable bonds is 8. The Bertz CT molecular complexity index is 402. The van der Waals surface area contributed by atoms with E-state index in [-0.39, 0.29) is 5.91 Å². The molecule has 0 aliphatic rings. The van der Waals surface area contributed by atoms with Crippen molar-refractivity contribution in [3.8, 4) is 11.5 Å². The predicted molar refractivity (Wildman–Crippen MR) is 74.3 cm³/mol. The summed E-state index contributed by atoms with van der Waals surface area (Å²) in [6, 6.07) is 7.40. The van der Waals surface area contributed by atoms with Crippen molar-refractivity contribution in [1.29, 1.82) is 0 Å². The van der Waals surface area contributed by atoms with Gasteiger partial charge >= 0.3 is 0 Å². The number of hydrogen-bond donors (Lipinski definition) is 2. The van der Waals surface area contributed by atoms with Gasteiger partial charge < -0.3 is 20.5 Å². The van der Waals surface area contributed by atoms with Crippen LogP contribution in [0.15, 0.2) is 24.3 Å². The molecule has 106 valence electrons. The van der Waals surface area contributed by atoms with Crippen LogP contribution < -0.4 is 20.5 Å². The first-order valence-electron chi connectivity index (χ1n) is 6.23. The standard InChI is InChI=1S/C14H22N2O3/c1-14(2,13(15)17)10-16-8-9-19-12-6-4-11(18-3)5-7-12/h4-7,16H,8-10H2,1-3H3,(H2,15,17). The minimum Gasteiger partial charge on any atom is -0.497 e. The van der Waals surface area contributed by atoms with E-state index < -0.39 is 5.41 Å². The molecule has 0 spiro atoms. The van der Waals surface area contributed by atoms with Gasteiger partial charge in [-0.25, -0.2) is 0 Å². The lowest BCUT2D eigenvalue weighted by Gasteiger charge is -2.20. The van der Waals surface area contributed by atoms with Crippen molar-refractivity contribution < 1.29 is 14.3 Å². The van der Waals surface area contributed by atoms with E-state index in [1.54, 1.807) is 7.11 Å². The lowest BCUT2D eigenvalue weighted by Crippen LogP contribution is -2.41. The number of nitrogens with two attached hydrogens (primary N) is 1. The Morgan fingerprint density at radius 1 is 1.26 bits per heavy atom. The van der Waals surface area contributed by atoms with E-state index in [1.807, 2.05) is 38.1 Å². The molecule has 19 heavy (non-hydrogen) atoms. The van der Waals surface area contributed by atoms with Gasteiger partial charge in [-0.2, -0.15) is 0 Å². The maximum atomic E-state index is 11.1. The summed E-state index contributed by atoms with van der Waals surface area (Å²) in [6.07, 6.45) is 0. The van der Waals surface area contributed by atoms with E-state index in [0.717, 1.165) is 11.5 Å². The predicted octanol–water partition coefficient (Wildman–Crippen LogP) is 1.18. The number of hydrogen-bond acceptors (Lipinski definition) is 4. The molecule has 0 aliphatic carbocycles. The number of ether oxygens (including phenoxy) is 2. The molecule has 0 atom stereocenters. The van der Waals surface area contributed by atoms with E-state index in [2.05, 4.69) is 5.32 Å². The molecule has 1 aromatic rings. The van der Waals surface area contributed by atoms with Crippen LogP contribution in [0.1, 0.15) is 13.8 Å². The van der Waals surface area contributed by atoms with Gasteiger partial charge in [-0.05, 0) is 38.1 Å². The van der Waals surface area contributed by atoms with Crippen molar-refractivity contribution in [2.24, 2.45) is 11.1 Å². The Hall–Kier alpha value is -1.75. The maximum Gasteiger partial charge on any atom is 0.224 e.